The van der Waals surface area contributed by atoms with E-state index in [0.29, 0.717) is 18.9 Å². The highest BCUT2D eigenvalue weighted by Crippen LogP contribution is 2.27. The Labute approximate surface area is 102 Å². The van der Waals surface area contributed by atoms with Gasteiger partial charge in [-0.3, -0.25) is 4.79 Å². The fourth-order valence-corrected chi connectivity index (χ4v) is 2.43. The summed E-state index contributed by atoms with van der Waals surface area (Å²) in [6.45, 7) is 2.36. The first-order valence-corrected chi connectivity index (χ1v) is 6.40. The highest BCUT2D eigenvalue weighted by molar-refractivity contribution is 5.85. The summed E-state index contributed by atoms with van der Waals surface area (Å²) in [6.07, 6.45) is 5.36. The molecule has 1 atom stereocenters. The summed E-state index contributed by atoms with van der Waals surface area (Å²) in [5.74, 6) is 0.267. The van der Waals surface area contributed by atoms with E-state index in [0.717, 1.165) is 12.8 Å². The van der Waals surface area contributed by atoms with E-state index < -0.39 is 12.1 Å². The Morgan fingerprint density at radius 2 is 1.94 bits per heavy atom. The number of hydrogen-bond donors (Lipinski definition) is 3. The van der Waals surface area contributed by atoms with E-state index in [9.17, 15) is 9.59 Å². The van der Waals surface area contributed by atoms with Crippen LogP contribution in [0.1, 0.15) is 45.4 Å². The third-order valence-corrected chi connectivity index (χ3v) is 3.26. The predicted octanol–water partition coefficient (Wildman–Crippen LogP) is 1.73. The van der Waals surface area contributed by atoms with Gasteiger partial charge in [0, 0.05) is 6.54 Å². The van der Waals surface area contributed by atoms with Crippen LogP contribution in [-0.4, -0.2) is 29.7 Å². The number of likely N-dealkylation sites (N-methyl/N-ethyl adjacent to an activating group) is 1. The van der Waals surface area contributed by atoms with Crippen LogP contribution in [0, 0.1) is 5.92 Å². The first-order valence-electron chi connectivity index (χ1n) is 6.40. The Kier molecular flexibility index (Phi) is 5.80. The van der Waals surface area contributed by atoms with Crippen molar-refractivity contribution < 1.29 is 14.7 Å². The second-order valence-corrected chi connectivity index (χ2v) is 4.64. The lowest BCUT2D eigenvalue weighted by molar-refractivity contribution is -0.123. The van der Waals surface area contributed by atoms with Crippen molar-refractivity contribution in [1.82, 2.24) is 10.6 Å². The molecule has 2 amide bonds. The maximum Gasteiger partial charge on any atom is 0.405 e. The van der Waals surface area contributed by atoms with Crippen LogP contribution >= 0.6 is 0 Å². The summed E-state index contributed by atoms with van der Waals surface area (Å²) >= 11 is 0. The monoisotopic (exact) mass is 242 g/mol. The number of carbonyl (C=O) groups is 2. The molecule has 0 aromatic carbocycles. The second kappa shape index (κ2) is 7.14. The van der Waals surface area contributed by atoms with E-state index >= 15 is 0 Å². The minimum absolute atomic E-state index is 0.208. The van der Waals surface area contributed by atoms with Gasteiger partial charge >= 0.3 is 6.09 Å². The molecule has 1 unspecified atom stereocenters. The Balaban J connectivity index is 2.49. The third-order valence-electron chi connectivity index (χ3n) is 3.26. The molecule has 0 spiro atoms. The molecule has 0 aliphatic heterocycles. The number of nitrogens with one attached hydrogen (secondary N) is 2. The van der Waals surface area contributed by atoms with Gasteiger partial charge in [-0.2, -0.15) is 0 Å². The normalized spacial score (nSPS) is 18.4. The molecule has 3 N–H and O–H groups in total. The minimum atomic E-state index is -1.13. The van der Waals surface area contributed by atoms with Crippen molar-refractivity contribution in [2.75, 3.05) is 6.54 Å². The lowest BCUT2D eigenvalue weighted by Crippen LogP contribution is -2.47. The summed E-state index contributed by atoms with van der Waals surface area (Å²) in [6, 6.07) is -0.601. The zero-order valence-electron chi connectivity index (χ0n) is 10.4. The fraction of sp³-hybridized carbons (Fsp3) is 0.833. The standard InChI is InChI=1S/C12H22N2O3/c1-2-13-11(15)10(14-12(16)17)8-9-6-4-3-5-7-9/h9-10,14H,2-8H2,1H3,(H,13,15)(H,16,17). The van der Waals surface area contributed by atoms with Crippen LogP contribution in [-0.2, 0) is 4.79 Å². The summed E-state index contributed by atoms with van der Waals surface area (Å²) in [7, 11) is 0. The molecule has 1 saturated carbocycles. The number of carboxylic acid groups (broad SMARTS) is 1. The Hall–Kier alpha value is -1.26. The summed E-state index contributed by atoms with van der Waals surface area (Å²) < 4.78 is 0. The zero-order valence-corrected chi connectivity index (χ0v) is 10.4. The van der Waals surface area contributed by atoms with Gasteiger partial charge in [-0.1, -0.05) is 32.1 Å². The Morgan fingerprint density at radius 3 is 2.47 bits per heavy atom. The van der Waals surface area contributed by atoms with E-state index in [4.69, 9.17) is 5.11 Å². The molecule has 0 aromatic rings. The molecule has 1 aliphatic rings. The largest absolute Gasteiger partial charge is 0.465 e. The van der Waals surface area contributed by atoms with Gasteiger partial charge in [-0.25, -0.2) is 4.79 Å². The van der Waals surface area contributed by atoms with Gasteiger partial charge < -0.3 is 15.7 Å². The van der Waals surface area contributed by atoms with E-state index in [-0.39, 0.29) is 5.91 Å². The van der Waals surface area contributed by atoms with Crippen LogP contribution < -0.4 is 10.6 Å². The van der Waals surface area contributed by atoms with Gasteiger partial charge in [0.25, 0.3) is 0 Å². The van der Waals surface area contributed by atoms with Gasteiger partial charge in [0.2, 0.25) is 5.91 Å². The topological polar surface area (TPSA) is 78.4 Å². The molecule has 5 nitrogen and oxygen atoms in total. The van der Waals surface area contributed by atoms with Crippen LogP contribution in [0.4, 0.5) is 4.79 Å². The van der Waals surface area contributed by atoms with Crippen molar-refractivity contribution in [2.24, 2.45) is 5.92 Å². The van der Waals surface area contributed by atoms with Gasteiger partial charge in [0.1, 0.15) is 6.04 Å². The molecule has 1 rings (SSSR count). The maximum atomic E-state index is 11.7. The van der Waals surface area contributed by atoms with Crippen molar-refractivity contribution in [3.8, 4) is 0 Å². The highest BCUT2D eigenvalue weighted by atomic mass is 16.4. The molecular formula is C12H22N2O3. The van der Waals surface area contributed by atoms with E-state index in [1.807, 2.05) is 6.92 Å². The van der Waals surface area contributed by atoms with Crippen molar-refractivity contribution in [1.29, 1.82) is 0 Å². The van der Waals surface area contributed by atoms with E-state index in [1.165, 1.54) is 19.3 Å². The first kappa shape index (κ1) is 13.8. The van der Waals surface area contributed by atoms with Crippen LogP contribution in [0.2, 0.25) is 0 Å². The van der Waals surface area contributed by atoms with E-state index in [2.05, 4.69) is 10.6 Å². The van der Waals surface area contributed by atoms with Gasteiger partial charge in [-0.05, 0) is 19.3 Å². The van der Waals surface area contributed by atoms with Crippen molar-refractivity contribution >= 4 is 12.0 Å². The Morgan fingerprint density at radius 1 is 1.29 bits per heavy atom. The Bertz CT molecular complexity index is 262. The average Bonchev–Trinajstić information content (AvgIpc) is 2.29. The van der Waals surface area contributed by atoms with Crippen LogP contribution in [0.25, 0.3) is 0 Å². The summed E-state index contributed by atoms with van der Waals surface area (Å²) in [4.78, 5) is 22.4. The molecule has 0 heterocycles. The van der Waals surface area contributed by atoms with Crippen molar-refractivity contribution in [3.63, 3.8) is 0 Å². The number of amides is 2. The average molecular weight is 242 g/mol. The highest BCUT2D eigenvalue weighted by Gasteiger charge is 2.25. The van der Waals surface area contributed by atoms with Gasteiger partial charge in [0.15, 0.2) is 0 Å². The molecule has 5 heteroatoms. The van der Waals surface area contributed by atoms with Crippen molar-refractivity contribution in [2.45, 2.75) is 51.5 Å². The predicted molar refractivity (Wildman–Crippen MR) is 64.8 cm³/mol. The van der Waals surface area contributed by atoms with Gasteiger partial charge in [0.05, 0.1) is 0 Å². The van der Waals surface area contributed by atoms with Crippen LogP contribution in [0.15, 0.2) is 0 Å². The molecule has 1 fully saturated rings. The van der Waals surface area contributed by atoms with E-state index in [1.54, 1.807) is 0 Å². The molecule has 0 bridgehead atoms. The molecule has 17 heavy (non-hydrogen) atoms. The second-order valence-electron chi connectivity index (χ2n) is 4.64. The quantitative estimate of drug-likeness (QED) is 0.687. The zero-order chi connectivity index (χ0) is 12.7. The molecule has 0 radical (unpaired) electrons. The van der Waals surface area contributed by atoms with Crippen LogP contribution in [0.5, 0.6) is 0 Å². The molecule has 0 saturated heterocycles. The fourth-order valence-electron chi connectivity index (χ4n) is 2.43. The summed E-state index contributed by atoms with van der Waals surface area (Å²) in [5, 5.41) is 13.7. The summed E-state index contributed by atoms with van der Waals surface area (Å²) in [5.41, 5.74) is 0. The number of rotatable bonds is 5. The minimum Gasteiger partial charge on any atom is -0.465 e. The van der Waals surface area contributed by atoms with Gasteiger partial charge in [-0.15, -0.1) is 0 Å². The molecular weight excluding hydrogens is 220 g/mol. The first-order chi connectivity index (χ1) is 8.13. The van der Waals surface area contributed by atoms with Crippen molar-refractivity contribution in [3.05, 3.63) is 0 Å². The molecule has 1 aliphatic carbocycles. The maximum absolute atomic E-state index is 11.7. The molecule has 0 aromatic heterocycles. The lowest BCUT2D eigenvalue weighted by Gasteiger charge is -2.25. The smallest absolute Gasteiger partial charge is 0.405 e. The number of hydrogen-bond acceptors (Lipinski definition) is 2. The third kappa shape index (κ3) is 5.06. The van der Waals surface area contributed by atoms with Crippen LogP contribution in [0.3, 0.4) is 0 Å². The lowest BCUT2D eigenvalue weighted by atomic mass is 9.84. The number of carbonyl (C=O) groups excluding carboxylic acids is 1. The SMILES string of the molecule is CCNC(=O)C(CC1CCCCC1)NC(=O)O. The molecule has 98 valence electrons.